The molecule has 1 heterocycles. The van der Waals surface area contributed by atoms with Gasteiger partial charge in [-0.3, -0.25) is 0 Å². The van der Waals surface area contributed by atoms with Gasteiger partial charge < -0.3 is 4.42 Å². The summed E-state index contributed by atoms with van der Waals surface area (Å²) in [4.78, 5) is 0. The third kappa shape index (κ3) is 4.85. The van der Waals surface area contributed by atoms with E-state index in [1.807, 2.05) is 12.1 Å². The van der Waals surface area contributed by atoms with Crippen molar-refractivity contribution >= 4 is 172 Å². The van der Waals surface area contributed by atoms with Gasteiger partial charge in [0.25, 0.3) is 0 Å². The zero-order valence-corrected chi connectivity index (χ0v) is 33.0. The fourth-order valence-corrected chi connectivity index (χ4v) is 9.68. The molecule has 0 aliphatic heterocycles. The van der Waals surface area contributed by atoms with Crippen LogP contribution in [0.15, 0.2) is 126 Å². The van der Waals surface area contributed by atoms with Gasteiger partial charge in [0.2, 0.25) is 0 Å². The Bertz CT molecular complexity index is 3210. The third-order valence-corrected chi connectivity index (χ3v) is 13.3. The molecular weight excluding hydrogens is 655 g/mol. The summed E-state index contributed by atoms with van der Waals surface area (Å²) >= 11 is 0. The molecule has 0 fully saturated rings. The first-order chi connectivity index (χ1) is 26.6. The predicted octanol–water partition coefficient (Wildman–Crippen LogP) is -0.733. The number of fused-ring (bicyclic) bond motifs is 8. The first-order valence-corrected chi connectivity index (χ1v) is 19.5. The minimum absolute atomic E-state index is 0.923. The summed E-state index contributed by atoms with van der Waals surface area (Å²) in [6.07, 6.45) is 0. The van der Waals surface area contributed by atoms with Crippen molar-refractivity contribution in [2.45, 2.75) is 0 Å². The minimum atomic E-state index is 0.923. The van der Waals surface area contributed by atoms with E-state index in [2.05, 4.69) is 172 Å². The van der Waals surface area contributed by atoms with Crippen LogP contribution in [-0.2, 0) is 0 Å². The first-order valence-electron chi connectivity index (χ1n) is 19.5. The predicted molar refractivity (Wildman–Crippen MR) is 265 cm³/mol. The number of para-hydroxylation sites is 1. The molecule has 0 saturated carbocycles. The molecule has 0 amide bonds. The van der Waals surface area contributed by atoms with Crippen molar-refractivity contribution in [2.75, 3.05) is 0 Å². The molecule has 10 aromatic rings. The van der Waals surface area contributed by atoms with Crippen molar-refractivity contribution in [3.63, 3.8) is 0 Å². The van der Waals surface area contributed by atoms with E-state index in [0.717, 1.165) is 21.9 Å². The van der Waals surface area contributed by atoms with Gasteiger partial charge in [-0.25, -0.2) is 0 Å². The Morgan fingerprint density at radius 3 is 1.38 bits per heavy atom. The highest BCUT2D eigenvalue weighted by atomic mass is 16.3. The quantitative estimate of drug-likeness (QED) is 0.136. The van der Waals surface area contributed by atoms with Crippen molar-refractivity contribution in [3.8, 4) is 33.4 Å². The van der Waals surface area contributed by atoms with Gasteiger partial charge in [-0.15, -0.1) is 21.9 Å². The van der Waals surface area contributed by atoms with Crippen LogP contribution in [0.1, 0.15) is 0 Å². The molecule has 0 radical (unpaired) electrons. The summed E-state index contributed by atoms with van der Waals surface area (Å²) in [5.74, 6) is 0. The molecule has 9 aromatic carbocycles. The Labute approximate surface area is 329 Å². The Morgan fingerprint density at radius 2 is 0.764 bits per heavy atom. The van der Waals surface area contributed by atoms with Crippen LogP contribution in [-0.4, -0.2) is 62.8 Å². The topological polar surface area (TPSA) is 13.1 Å². The lowest BCUT2D eigenvalue weighted by Gasteiger charge is -2.28. The second-order valence-electron chi connectivity index (χ2n) is 15.8. The van der Waals surface area contributed by atoms with Crippen molar-refractivity contribution in [1.29, 1.82) is 0 Å². The molecule has 9 heteroatoms. The van der Waals surface area contributed by atoms with Gasteiger partial charge in [-0.1, -0.05) is 119 Å². The van der Waals surface area contributed by atoms with Crippen molar-refractivity contribution in [1.82, 2.24) is 0 Å². The SMILES string of the molecule is Bc1c(B)c(B)c2c(-c3cc4ccccc4c4ccccc34)c3c(B)c(B)c(B)c(B)c3c(-c3ccc(-c4ccc5oc6ccccc6c5c4)cc3)c2c1B. The van der Waals surface area contributed by atoms with Gasteiger partial charge in [-0.2, -0.15) is 0 Å². The standard InChI is InChI=1S/C46H36B8O/c47-39-35-33(22-15-13-21(14-16-22)23-17-18-32-29(19-23)28-11-5-6-12-31(28)55-32)36-38(42(50)46(54)44(52)40(36)48)34(37(35)41(49)45(53)43(39)51)30-20-24-7-1-2-8-25(24)26-9-3-4-10-27(26)30/h1-20H,47-54H2. The molecule has 0 saturated heterocycles. The van der Waals surface area contributed by atoms with Crippen LogP contribution in [0.3, 0.4) is 0 Å². The molecule has 1 nitrogen and oxygen atoms in total. The Balaban J connectivity index is 1.33. The van der Waals surface area contributed by atoms with E-state index in [4.69, 9.17) is 4.42 Å². The van der Waals surface area contributed by atoms with E-state index >= 15 is 0 Å². The molecule has 10 rings (SSSR count). The van der Waals surface area contributed by atoms with E-state index in [0.29, 0.717) is 0 Å². The van der Waals surface area contributed by atoms with E-state index in [-0.39, 0.29) is 0 Å². The summed E-state index contributed by atoms with van der Waals surface area (Å²) in [6.45, 7) is 0. The van der Waals surface area contributed by atoms with E-state index in [1.54, 1.807) is 0 Å². The van der Waals surface area contributed by atoms with Gasteiger partial charge in [0.1, 0.15) is 73.9 Å². The normalized spacial score (nSPS) is 11.9. The molecule has 0 aliphatic rings. The molecule has 0 bridgehead atoms. The van der Waals surface area contributed by atoms with Crippen LogP contribution in [0.4, 0.5) is 0 Å². The summed E-state index contributed by atoms with van der Waals surface area (Å²) in [6, 6.07) is 44.6. The summed E-state index contributed by atoms with van der Waals surface area (Å²) < 4.78 is 6.17. The molecule has 0 unspecified atom stereocenters. The van der Waals surface area contributed by atoms with E-state index in [1.165, 1.54) is 120 Å². The second kappa shape index (κ2) is 12.4. The molecule has 0 N–H and O–H groups in total. The number of benzene rings is 9. The van der Waals surface area contributed by atoms with E-state index in [9.17, 15) is 0 Å². The average molecular weight is 691 g/mol. The fourth-order valence-electron chi connectivity index (χ4n) is 9.68. The largest absolute Gasteiger partial charge is 0.456 e. The van der Waals surface area contributed by atoms with Crippen LogP contribution in [0.5, 0.6) is 0 Å². The summed E-state index contributed by atoms with van der Waals surface area (Å²) in [7, 11) is 18.7. The van der Waals surface area contributed by atoms with Crippen molar-refractivity contribution < 1.29 is 4.42 Å². The highest BCUT2D eigenvalue weighted by Gasteiger charge is 2.26. The molecule has 250 valence electrons. The molecule has 0 aliphatic carbocycles. The molecular formula is C46H36B8O. The lowest BCUT2D eigenvalue weighted by Crippen LogP contribution is -2.50. The molecule has 0 atom stereocenters. The van der Waals surface area contributed by atoms with Crippen LogP contribution in [0.2, 0.25) is 0 Å². The number of hydrogen-bond acceptors (Lipinski definition) is 1. The first kappa shape index (κ1) is 33.9. The third-order valence-electron chi connectivity index (χ3n) is 13.3. The fraction of sp³-hybridized carbons (Fsp3) is 0. The van der Waals surface area contributed by atoms with Crippen LogP contribution < -0.4 is 43.7 Å². The Morgan fingerprint density at radius 1 is 0.309 bits per heavy atom. The monoisotopic (exact) mass is 692 g/mol. The lowest BCUT2D eigenvalue weighted by atomic mass is 9.59. The second-order valence-corrected chi connectivity index (χ2v) is 15.8. The zero-order valence-electron chi connectivity index (χ0n) is 33.0. The Kier molecular flexibility index (Phi) is 7.66. The van der Waals surface area contributed by atoms with Crippen molar-refractivity contribution in [2.24, 2.45) is 0 Å². The maximum Gasteiger partial charge on any atom is 0.139 e. The maximum atomic E-state index is 6.17. The van der Waals surface area contributed by atoms with Crippen LogP contribution in [0.25, 0.3) is 98.4 Å². The minimum Gasteiger partial charge on any atom is -0.456 e. The maximum absolute atomic E-state index is 6.17. The smallest absolute Gasteiger partial charge is 0.139 e. The molecule has 0 spiro atoms. The van der Waals surface area contributed by atoms with Gasteiger partial charge in [0, 0.05) is 10.8 Å². The van der Waals surface area contributed by atoms with Gasteiger partial charge in [-0.05, 0) is 101 Å². The zero-order chi connectivity index (χ0) is 37.9. The van der Waals surface area contributed by atoms with E-state index < -0.39 is 0 Å². The lowest BCUT2D eigenvalue weighted by molar-refractivity contribution is 0.669. The summed E-state index contributed by atoms with van der Waals surface area (Å²) in [5, 5.41) is 13.0. The molecule has 55 heavy (non-hydrogen) atoms. The highest BCUT2D eigenvalue weighted by molar-refractivity contribution is 6.71. The van der Waals surface area contributed by atoms with Crippen LogP contribution >= 0.6 is 0 Å². The number of hydrogen-bond donors (Lipinski definition) is 0. The molecule has 1 aromatic heterocycles. The van der Waals surface area contributed by atoms with Gasteiger partial charge in [0.15, 0.2) is 0 Å². The van der Waals surface area contributed by atoms with Crippen molar-refractivity contribution in [3.05, 3.63) is 121 Å². The number of rotatable bonds is 3. The number of furan rings is 1. The highest BCUT2D eigenvalue weighted by Crippen LogP contribution is 2.44. The summed E-state index contributed by atoms with van der Waals surface area (Å²) in [5.41, 5.74) is 20.4. The average Bonchev–Trinajstić information content (AvgIpc) is 3.60. The van der Waals surface area contributed by atoms with Gasteiger partial charge in [0.05, 0.1) is 0 Å². The van der Waals surface area contributed by atoms with Gasteiger partial charge >= 0.3 is 0 Å². The van der Waals surface area contributed by atoms with Crippen LogP contribution in [0, 0.1) is 0 Å². The Hall–Kier alpha value is -5.66.